The van der Waals surface area contributed by atoms with E-state index in [0.717, 1.165) is 5.56 Å². The third-order valence-electron chi connectivity index (χ3n) is 4.06. The van der Waals surface area contributed by atoms with Crippen molar-refractivity contribution in [2.45, 2.75) is 6.92 Å². The van der Waals surface area contributed by atoms with Crippen LogP contribution in [0.15, 0.2) is 72.8 Å². The number of benzene rings is 3. The molecule has 1 amide bonds. The first-order valence-electron chi connectivity index (χ1n) is 8.75. The summed E-state index contributed by atoms with van der Waals surface area (Å²) in [6, 6.07) is 19.9. The Balaban J connectivity index is 1.75. The summed E-state index contributed by atoms with van der Waals surface area (Å²) < 4.78 is 11.0. The Morgan fingerprint density at radius 2 is 1.82 bits per heavy atom. The van der Waals surface area contributed by atoms with E-state index in [1.54, 1.807) is 24.3 Å². The first-order valence-corrected chi connectivity index (χ1v) is 8.75. The van der Waals surface area contributed by atoms with Crippen LogP contribution in [0.3, 0.4) is 0 Å². The van der Waals surface area contributed by atoms with Crippen molar-refractivity contribution in [3.05, 3.63) is 83.9 Å². The molecule has 5 heteroatoms. The number of phenolic OH excluding ortho intramolecular Hbond substituents is 1. The zero-order valence-electron chi connectivity index (χ0n) is 15.7. The summed E-state index contributed by atoms with van der Waals surface area (Å²) in [4.78, 5) is 12.4. The van der Waals surface area contributed by atoms with Crippen molar-refractivity contribution >= 4 is 17.7 Å². The topological polar surface area (TPSA) is 67.8 Å². The van der Waals surface area contributed by atoms with Crippen molar-refractivity contribution in [1.29, 1.82) is 0 Å². The second kappa shape index (κ2) is 8.77. The van der Waals surface area contributed by atoms with Crippen molar-refractivity contribution in [1.82, 2.24) is 0 Å². The van der Waals surface area contributed by atoms with E-state index in [-0.39, 0.29) is 11.7 Å². The Morgan fingerprint density at radius 1 is 1.04 bits per heavy atom. The number of amides is 1. The van der Waals surface area contributed by atoms with Crippen LogP contribution in [0.2, 0.25) is 0 Å². The fourth-order valence-electron chi connectivity index (χ4n) is 2.65. The number of carbonyl (C=O) groups excluding carboxylic acids is 1. The minimum absolute atomic E-state index is 0.0160. The normalized spacial score (nSPS) is 10.6. The molecule has 0 heterocycles. The second-order valence-corrected chi connectivity index (χ2v) is 6.12. The highest BCUT2D eigenvalue weighted by Gasteiger charge is 2.10. The number of aromatic hydroxyl groups is 1. The molecule has 0 bridgehead atoms. The molecule has 0 spiro atoms. The summed E-state index contributed by atoms with van der Waals surface area (Å²) >= 11 is 0. The van der Waals surface area contributed by atoms with E-state index in [4.69, 9.17) is 9.47 Å². The summed E-state index contributed by atoms with van der Waals surface area (Å²) in [7, 11) is 1.48. The van der Waals surface area contributed by atoms with Crippen LogP contribution in [-0.2, 0) is 4.79 Å². The molecule has 0 unspecified atom stereocenters. The predicted octanol–water partition coefficient (Wildman–Crippen LogP) is 5.15. The van der Waals surface area contributed by atoms with Gasteiger partial charge in [0.05, 0.1) is 12.8 Å². The molecule has 0 aliphatic heterocycles. The van der Waals surface area contributed by atoms with Gasteiger partial charge in [-0.3, -0.25) is 4.79 Å². The number of carbonyl (C=O) groups is 1. The number of aryl methyl sites for hydroxylation is 1. The quantitative estimate of drug-likeness (QED) is 0.585. The van der Waals surface area contributed by atoms with Crippen molar-refractivity contribution in [2.75, 3.05) is 12.4 Å². The van der Waals surface area contributed by atoms with E-state index in [1.807, 2.05) is 49.4 Å². The highest BCUT2D eigenvalue weighted by molar-refractivity contribution is 6.03. The van der Waals surface area contributed by atoms with Gasteiger partial charge in [-0.05, 0) is 54.5 Å². The Kier molecular flexibility index (Phi) is 5.97. The standard InChI is InChI=1S/C23H21NO4/c1-16-7-6-10-19(23(16)28-18-8-4-3-5-9-18)24-22(26)14-12-17-11-13-21(27-2)20(25)15-17/h3-15,25H,1-2H3,(H,24,26). The van der Waals surface area contributed by atoms with Crippen molar-refractivity contribution in [2.24, 2.45) is 0 Å². The molecular weight excluding hydrogens is 354 g/mol. The highest BCUT2D eigenvalue weighted by Crippen LogP contribution is 2.33. The number of para-hydroxylation sites is 2. The lowest BCUT2D eigenvalue weighted by Gasteiger charge is -2.14. The Hall–Kier alpha value is -3.73. The van der Waals surface area contributed by atoms with Crippen LogP contribution in [0.25, 0.3) is 6.08 Å². The van der Waals surface area contributed by atoms with E-state index in [1.165, 1.54) is 19.3 Å². The van der Waals surface area contributed by atoms with Gasteiger partial charge in [0.25, 0.3) is 0 Å². The number of ether oxygens (including phenoxy) is 2. The van der Waals surface area contributed by atoms with Gasteiger partial charge >= 0.3 is 0 Å². The van der Waals surface area contributed by atoms with Gasteiger partial charge in [0.2, 0.25) is 5.91 Å². The van der Waals surface area contributed by atoms with Gasteiger partial charge in [0.15, 0.2) is 17.2 Å². The number of methoxy groups -OCH3 is 1. The van der Waals surface area contributed by atoms with Crippen LogP contribution < -0.4 is 14.8 Å². The number of phenols is 1. The number of hydrogen-bond acceptors (Lipinski definition) is 4. The van der Waals surface area contributed by atoms with E-state index >= 15 is 0 Å². The van der Waals surface area contributed by atoms with E-state index in [2.05, 4.69) is 5.32 Å². The lowest BCUT2D eigenvalue weighted by Crippen LogP contribution is -2.09. The van der Waals surface area contributed by atoms with Crippen LogP contribution in [0.1, 0.15) is 11.1 Å². The summed E-state index contributed by atoms with van der Waals surface area (Å²) in [5.41, 5.74) is 2.17. The molecule has 142 valence electrons. The molecule has 2 N–H and O–H groups in total. The molecule has 3 aromatic carbocycles. The summed E-state index contributed by atoms with van der Waals surface area (Å²) in [6.45, 7) is 1.92. The summed E-state index contributed by atoms with van der Waals surface area (Å²) in [6.07, 6.45) is 3.01. The van der Waals surface area contributed by atoms with Gasteiger partial charge in [-0.25, -0.2) is 0 Å². The third kappa shape index (κ3) is 4.71. The van der Waals surface area contributed by atoms with Crippen LogP contribution in [-0.4, -0.2) is 18.1 Å². The molecule has 0 atom stereocenters. The molecule has 0 saturated heterocycles. The zero-order chi connectivity index (χ0) is 19.9. The maximum atomic E-state index is 12.4. The first kappa shape index (κ1) is 19.0. The maximum absolute atomic E-state index is 12.4. The molecule has 0 aliphatic carbocycles. The summed E-state index contributed by atoms with van der Waals surface area (Å²) in [5.74, 6) is 1.37. The van der Waals surface area contributed by atoms with E-state index in [0.29, 0.717) is 28.5 Å². The highest BCUT2D eigenvalue weighted by atomic mass is 16.5. The molecule has 3 rings (SSSR count). The van der Waals surface area contributed by atoms with E-state index < -0.39 is 0 Å². The lowest BCUT2D eigenvalue weighted by molar-refractivity contribution is -0.111. The fraction of sp³-hybridized carbons (Fsp3) is 0.0870. The Morgan fingerprint density at radius 3 is 2.54 bits per heavy atom. The molecule has 0 fully saturated rings. The van der Waals surface area contributed by atoms with Gasteiger partial charge in [-0.15, -0.1) is 0 Å². The van der Waals surface area contributed by atoms with Gasteiger partial charge in [0.1, 0.15) is 5.75 Å². The first-order chi connectivity index (χ1) is 13.6. The molecule has 28 heavy (non-hydrogen) atoms. The monoisotopic (exact) mass is 375 g/mol. The largest absolute Gasteiger partial charge is 0.504 e. The van der Waals surface area contributed by atoms with Crippen molar-refractivity contribution < 1.29 is 19.4 Å². The number of hydrogen-bond donors (Lipinski definition) is 2. The molecule has 3 aromatic rings. The molecule has 0 radical (unpaired) electrons. The van der Waals surface area contributed by atoms with Gasteiger partial charge < -0.3 is 19.9 Å². The fourth-order valence-corrected chi connectivity index (χ4v) is 2.65. The Labute approximate surface area is 163 Å². The molecule has 0 aromatic heterocycles. The number of rotatable bonds is 6. The third-order valence-corrected chi connectivity index (χ3v) is 4.06. The summed E-state index contributed by atoms with van der Waals surface area (Å²) in [5, 5.41) is 12.7. The maximum Gasteiger partial charge on any atom is 0.248 e. The smallest absolute Gasteiger partial charge is 0.248 e. The van der Waals surface area contributed by atoms with Gasteiger partial charge in [-0.2, -0.15) is 0 Å². The molecular formula is C23H21NO4. The average Bonchev–Trinajstić information content (AvgIpc) is 2.70. The van der Waals surface area contributed by atoms with Crippen LogP contribution in [0.5, 0.6) is 23.0 Å². The lowest BCUT2D eigenvalue weighted by atomic mass is 10.1. The minimum Gasteiger partial charge on any atom is -0.504 e. The molecule has 5 nitrogen and oxygen atoms in total. The van der Waals surface area contributed by atoms with Crippen molar-refractivity contribution in [3.8, 4) is 23.0 Å². The van der Waals surface area contributed by atoms with E-state index in [9.17, 15) is 9.90 Å². The van der Waals surface area contributed by atoms with Gasteiger partial charge in [-0.1, -0.05) is 36.4 Å². The van der Waals surface area contributed by atoms with Crippen LogP contribution in [0.4, 0.5) is 5.69 Å². The van der Waals surface area contributed by atoms with Crippen LogP contribution >= 0.6 is 0 Å². The Bertz CT molecular complexity index is 997. The average molecular weight is 375 g/mol. The number of nitrogens with one attached hydrogen (secondary N) is 1. The van der Waals surface area contributed by atoms with Crippen LogP contribution in [0, 0.1) is 6.92 Å². The predicted molar refractivity (Wildman–Crippen MR) is 110 cm³/mol. The second-order valence-electron chi connectivity index (χ2n) is 6.12. The number of anilines is 1. The van der Waals surface area contributed by atoms with Crippen molar-refractivity contribution in [3.63, 3.8) is 0 Å². The SMILES string of the molecule is COc1ccc(C=CC(=O)Nc2cccc(C)c2Oc2ccccc2)cc1O. The minimum atomic E-state index is -0.307. The van der Waals surface area contributed by atoms with Gasteiger partial charge in [0, 0.05) is 6.08 Å². The molecule has 0 aliphatic rings. The molecule has 0 saturated carbocycles. The zero-order valence-corrected chi connectivity index (χ0v) is 15.7.